The smallest absolute Gasteiger partial charge is 0.253 e. The standard InChI is InChI=1S/C21H27ClN4O2S/c1-16(17-12-14-26(15-13-17)20-6-4-3-5-7-20)23-21(25-29(2,27)28)24-19-10-8-18(22)9-11-19/h3-11,16-17H,12-15H2,1-2H3,(H2,23,24,25). The Bertz CT molecular complexity index is 925. The number of halogens is 1. The molecule has 0 amide bonds. The molecule has 1 unspecified atom stereocenters. The van der Waals surface area contributed by atoms with Gasteiger partial charge >= 0.3 is 0 Å². The second-order valence-electron chi connectivity index (χ2n) is 7.40. The van der Waals surface area contributed by atoms with E-state index in [1.54, 1.807) is 24.3 Å². The fourth-order valence-corrected chi connectivity index (χ4v) is 4.11. The maximum absolute atomic E-state index is 11.7. The number of anilines is 2. The van der Waals surface area contributed by atoms with Crippen molar-refractivity contribution in [2.75, 3.05) is 29.6 Å². The lowest BCUT2D eigenvalue weighted by atomic mass is 9.90. The van der Waals surface area contributed by atoms with Gasteiger partial charge in [0.25, 0.3) is 10.0 Å². The number of nitrogens with one attached hydrogen (secondary N) is 2. The van der Waals surface area contributed by atoms with Crippen molar-refractivity contribution >= 4 is 39.0 Å². The first kappa shape index (κ1) is 21.5. The van der Waals surface area contributed by atoms with E-state index in [-0.39, 0.29) is 12.0 Å². The van der Waals surface area contributed by atoms with Crippen LogP contribution in [0.2, 0.25) is 5.02 Å². The normalized spacial score (nSPS) is 17.1. The Hall–Kier alpha value is -2.25. The van der Waals surface area contributed by atoms with E-state index in [1.807, 2.05) is 6.07 Å². The van der Waals surface area contributed by atoms with Crippen molar-refractivity contribution in [3.8, 4) is 0 Å². The van der Waals surface area contributed by atoms with Gasteiger partial charge in [-0.15, -0.1) is 4.40 Å². The average molecular weight is 435 g/mol. The summed E-state index contributed by atoms with van der Waals surface area (Å²) in [5, 5.41) is 6.94. The Morgan fingerprint density at radius 1 is 1.10 bits per heavy atom. The highest BCUT2D eigenvalue weighted by atomic mass is 35.5. The Morgan fingerprint density at radius 2 is 1.72 bits per heavy atom. The molecule has 29 heavy (non-hydrogen) atoms. The van der Waals surface area contributed by atoms with Crippen LogP contribution >= 0.6 is 11.6 Å². The predicted molar refractivity (Wildman–Crippen MR) is 121 cm³/mol. The van der Waals surface area contributed by atoms with Crippen molar-refractivity contribution in [2.24, 2.45) is 10.3 Å². The summed E-state index contributed by atoms with van der Waals surface area (Å²) >= 11 is 5.92. The summed E-state index contributed by atoms with van der Waals surface area (Å²) in [6.45, 7) is 4.03. The molecular formula is C21H27ClN4O2S. The maximum Gasteiger partial charge on any atom is 0.253 e. The first-order chi connectivity index (χ1) is 13.8. The van der Waals surface area contributed by atoms with E-state index in [0.29, 0.717) is 10.9 Å². The van der Waals surface area contributed by atoms with Crippen LogP contribution in [-0.4, -0.2) is 39.8 Å². The lowest BCUT2D eigenvalue weighted by Crippen LogP contribution is -2.46. The summed E-state index contributed by atoms with van der Waals surface area (Å²) < 4.78 is 27.3. The van der Waals surface area contributed by atoms with Crippen molar-refractivity contribution in [3.05, 3.63) is 59.6 Å². The minimum Gasteiger partial charge on any atom is -0.372 e. The van der Waals surface area contributed by atoms with E-state index in [4.69, 9.17) is 11.6 Å². The number of rotatable bonds is 5. The number of guanidine groups is 1. The van der Waals surface area contributed by atoms with Crippen LogP contribution in [0.25, 0.3) is 0 Å². The zero-order valence-electron chi connectivity index (χ0n) is 16.7. The van der Waals surface area contributed by atoms with E-state index in [9.17, 15) is 8.42 Å². The van der Waals surface area contributed by atoms with E-state index < -0.39 is 10.0 Å². The third-order valence-corrected chi connectivity index (χ3v) is 5.86. The highest BCUT2D eigenvalue weighted by molar-refractivity contribution is 7.89. The number of hydrogen-bond donors (Lipinski definition) is 2. The molecule has 1 fully saturated rings. The molecule has 2 N–H and O–H groups in total. The van der Waals surface area contributed by atoms with Crippen molar-refractivity contribution in [2.45, 2.75) is 25.8 Å². The van der Waals surface area contributed by atoms with Crippen LogP contribution in [0.4, 0.5) is 11.4 Å². The average Bonchev–Trinajstić information content (AvgIpc) is 2.69. The second-order valence-corrected chi connectivity index (χ2v) is 9.48. The molecule has 156 valence electrons. The third kappa shape index (κ3) is 6.65. The van der Waals surface area contributed by atoms with Crippen LogP contribution in [0.1, 0.15) is 19.8 Å². The van der Waals surface area contributed by atoms with Crippen molar-refractivity contribution in [1.29, 1.82) is 0 Å². The minimum atomic E-state index is -3.54. The van der Waals surface area contributed by atoms with Gasteiger partial charge in [0.05, 0.1) is 6.26 Å². The predicted octanol–water partition coefficient (Wildman–Crippen LogP) is 3.96. The van der Waals surface area contributed by atoms with Crippen molar-refractivity contribution < 1.29 is 8.42 Å². The topological polar surface area (TPSA) is 73.8 Å². The van der Waals surface area contributed by atoms with Crippen LogP contribution in [0.3, 0.4) is 0 Å². The molecule has 2 aromatic carbocycles. The molecular weight excluding hydrogens is 408 g/mol. The molecule has 3 rings (SSSR count). The molecule has 1 aliphatic heterocycles. The molecule has 0 saturated carbocycles. The van der Waals surface area contributed by atoms with Crippen LogP contribution in [0.15, 0.2) is 59.0 Å². The van der Waals surface area contributed by atoms with Gasteiger partial charge in [-0.05, 0) is 62.1 Å². The first-order valence-electron chi connectivity index (χ1n) is 9.69. The molecule has 1 aliphatic rings. The van der Waals surface area contributed by atoms with Gasteiger partial charge < -0.3 is 15.5 Å². The molecule has 2 aromatic rings. The van der Waals surface area contributed by atoms with E-state index in [0.717, 1.165) is 37.9 Å². The summed E-state index contributed by atoms with van der Waals surface area (Å²) in [5.41, 5.74) is 1.96. The molecule has 0 bridgehead atoms. The summed E-state index contributed by atoms with van der Waals surface area (Å²) in [5.74, 6) is 0.652. The van der Waals surface area contributed by atoms with Gasteiger partial charge in [-0.25, -0.2) is 8.42 Å². The van der Waals surface area contributed by atoms with E-state index in [2.05, 4.69) is 51.1 Å². The van der Waals surface area contributed by atoms with Gasteiger partial charge in [-0.1, -0.05) is 29.8 Å². The Balaban J connectivity index is 1.63. The lowest BCUT2D eigenvalue weighted by Gasteiger charge is -2.36. The molecule has 0 aliphatic carbocycles. The second kappa shape index (κ2) is 9.50. The number of para-hydroxylation sites is 1. The molecule has 0 aromatic heterocycles. The molecule has 1 saturated heterocycles. The largest absolute Gasteiger partial charge is 0.372 e. The Morgan fingerprint density at radius 3 is 2.31 bits per heavy atom. The lowest BCUT2D eigenvalue weighted by molar-refractivity contribution is 0.336. The van der Waals surface area contributed by atoms with Crippen LogP contribution in [0.5, 0.6) is 0 Å². The summed E-state index contributed by atoms with van der Waals surface area (Å²) in [7, 11) is -3.54. The zero-order chi connectivity index (χ0) is 20.9. The minimum absolute atomic E-state index is 0.0771. The number of piperidine rings is 1. The van der Waals surface area contributed by atoms with Gasteiger partial charge in [0.2, 0.25) is 5.96 Å². The van der Waals surface area contributed by atoms with Crippen LogP contribution < -0.4 is 15.5 Å². The Labute approximate surface area is 178 Å². The quantitative estimate of drug-likeness (QED) is 0.550. The molecule has 0 spiro atoms. The van der Waals surface area contributed by atoms with Gasteiger partial charge in [-0.3, -0.25) is 0 Å². The van der Waals surface area contributed by atoms with E-state index >= 15 is 0 Å². The highest BCUT2D eigenvalue weighted by Gasteiger charge is 2.25. The van der Waals surface area contributed by atoms with Crippen LogP contribution in [-0.2, 0) is 10.0 Å². The molecule has 1 atom stereocenters. The molecule has 1 heterocycles. The van der Waals surface area contributed by atoms with Crippen molar-refractivity contribution in [1.82, 2.24) is 5.32 Å². The SMILES string of the molecule is CC(N/C(=N/S(C)(=O)=O)Nc1ccc(Cl)cc1)C1CCN(c2ccccc2)CC1. The van der Waals surface area contributed by atoms with Gasteiger partial charge in [0.15, 0.2) is 0 Å². The summed E-state index contributed by atoms with van der Waals surface area (Å²) in [4.78, 5) is 2.39. The monoisotopic (exact) mass is 434 g/mol. The highest BCUT2D eigenvalue weighted by Crippen LogP contribution is 2.25. The van der Waals surface area contributed by atoms with Gasteiger partial charge in [0.1, 0.15) is 0 Å². The first-order valence-corrected chi connectivity index (χ1v) is 11.9. The van der Waals surface area contributed by atoms with Crippen molar-refractivity contribution in [3.63, 3.8) is 0 Å². The zero-order valence-corrected chi connectivity index (χ0v) is 18.2. The molecule has 8 heteroatoms. The fourth-order valence-electron chi connectivity index (χ4n) is 3.55. The maximum atomic E-state index is 11.7. The van der Waals surface area contributed by atoms with E-state index in [1.165, 1.54) is 5.69 Å². The molecule has 6 nitrogen and oxygen atoms in total. The number of hydrogen-bond acceptors (Lipinski definition) is 3. The summed E-state index contributed by atoms with van der Waals surface area (Å²) in [6.07, 6.45) is 3.13. The summed E-state index contributed by atoms with van der Waals surface area (Å²) in [6, 6.07) is 17.5. The number of sulfonamides is 1. The van der Waals surface area contributed by atoms with Gasteiger partial charge in [-0.2, -0.15) is 0 Å². The number of nitrogens with zero attached hydrogens (tertiary/aromatic N) is 2. The van der Waals surface area contributed by atoms with Crippen LogP contribution in [0, 0.1) is 5.92 Å². The molecule has 0 radical (unpaired) electrons. The third-order valence-electron chi connectivity index (χ3n) is 5.10. The van der Waals surface area contributed by atoms with Gasteiger partial charge in [0, 0.05) is 35.5 Å². The fraction of sp³-hybridized carbons (Fsp3) is 0.381. The number of benzene rings is 2. The Kier molecular flexibility index (Phi) is 7.03.